The minimum absolute atomic E-state index is 0.692. The molecule has 0 spiro atoms. The fourth-order valence-electron chi connectivity index (χ4n) is 1.71. The molecular formula is C8H14N2. The van der Waals surface area contributed by atoms with E-state index in [1.807, 2.05) is 0 Å². The van der Waals surface area contributed by atoms with Crippen molar-refractivity contribution in [1.29, 1.82) is 0 Å². The molecule has 2 atom stereocenters. The summed E-state index contributed by atoms with van der Waals surface area (Å²) in [5.74, 6) is 0. The van der Waals surface area contributed by atoms with Gasteiger partial charge in [-0.05, 0) is 12.8 Å². The van der Waals surface area contributed by atoms with Crippen LogP contribution in [0.1, 0.15) is 12.8 Å². The smallest absolute Gasteiger partial charge is 0.0230 e. The van der Waals surface area contributed by atoms with Crippen molar-refractivity contribution in [2.24, 2.45) is 0 Å². The van der Waals surface area contributed by atoms with Crippen LogP contribution < -0.4 is 10.6 Å². The fourth-order valence-corrected chi connectivity index (χ4v) is 1.71. The molecule has 2 heteroatoms. The molecule has 2 nitrogen and oxygen atoms in total. The van der Waals surface area contributed by atoms with Crippen molar-refractivity contribution in [3.05, 3.63) is 12.2 Å². The van der Waals surface area contributed by atoms with E-state index in [-0.39, 0.29) is 0 Å². The molecule has 2 rings (SSSR count). The molecule has 1 saturated heterocycles. The average Bonchev–Trinajstić information content (AvgIpc) is 2.12. The number of piperazine rings is 1. The first-order valence-corrected chi connectivity index (χ1v) is 4.07. The van der Waals surface area contributed by atoms with Crippen LogP contribution in [0.3, 0.4) is 0 Å². The molecule has 0 saturated carbocycles. The molecule has 56 valence electrons. The molecule has 10 heavy (non-hydrogen) atoms. The molecule has 1 fully saturated rings. The van der Waals surface area contributed by atoms with Crippen LogP contribution in [0.15, 0.2) is 12.2 Å². The predicted octanol–water partition coefficient (Wildman–Crippen LogP) is 0.266. The van der Waals surface area contributed by atoms with Crippen molar-refractivity contribution in [3.8, 4) is 0 Å². The fraction of sp³-hybridized carbons (Fsp3) is 0.750. The van der Waals surface area contributed by atoms with Gasteiger partial charge in [0, 0.05) is 25.2 Å². The van der Waals surface area contributed by atoms with Crippen molar-refractivity contribution in [2.75, 3.05) is 13.1 Å². The zero-order valence-corrected chi connectivity index (χ0v) is 6.14. The van der Waals surface area contributed by atoms with Crippen LogP contribution in [0.4, 0.5) is 0 Å². The highest BCUT2D eigenvalue weighted by Gasteiger charge is 2.19. The zero-order valence-electron chi connectivity index (χ0n) is 6.14. The van der Waals surface area contributed by atoms with Crippen LogP contribution in [-0.2, 0) is 0 Å². The lowest BCUT2D eigenvalue weighted by atomic mass is 10.1. The van der Waals surface area contributed by atoms with Crippen molar-refractivity contribution in [3.63, 3.8) is 0 Å². The summed E-state index contributed by atoms with van der Waals surface area (Å²) in [4.78, 5) is 0. The van der Waals surface area contributed by atoms with Gasteiger partial charge in [-0.2, -0.15) is 0 Å². The van der Waals surface area contributed by atoms with Crippen molar-refractivity contribution >= 4 is 0 Å². The highest BCUT2D eigenvalue weighted by atomic mass is 15.1. The third kappa shape index (κ3) is 1.22. The number of hydrogen-bond donors (Lipinski definition) is 2. The van der Waals surface area contributed by atoms with Gasteiger partial charge in [-0.15, -0.1) is 0 Å². The Morgan fingerprint density at radius 2 is 1.60 bits per heavy atom. The number of nitrogens with one attached hydrogen (secondary N) is 2. The predicted molar refractivity (Wildman–Crippen MR) is 42.0 cm³/mol. The molecular weight excluding hydrogens is 124 g/mol. The number of hydrogen-bond acceptors (Lipinski definition) is 2. The number of fused-ring (bicyclic) bond motifs is 2. The summed E-state index contributed by atoms with van der Waals surface area (Å²) in [7, 11) is 0. The van der Waals surface area contributed by atoms with Crippen LogP contribution in [0.25, 0.3) is 0 Å². The second-order valence-electron chi connectivity index (χ2n) is 3.16. The van der Waals surface area contributed by atoms with Gasteiger partial charge in [0.25, 0.3) is 0 Å². The monoisotopic (exact) mass is 138 g/mol. The molecule has 2 bridgehead atoms. The van der Waals surface area contributed by atoms with Gasteiger partial charge in [-0.3, -0.25) is 0 Å². The Balaban J connectivity index is 2.03. The van der Waals surface area contributed by atoms with E-state index < -0.39 is 0 Å². The SMILES string of the molecule is C1=CC[C@H]2CNC[C@@H](C1)N2. The summed E-state index contributed by atoms with van der Waals surface area (Å²) in [6.07, 6.45) is 6.99. The molecule has 0 aromatic rings. The second kappa shape index (κ2) is 2.72. The van der Waals surface area contributed by atoms with Gasteiger partial charge in [0.15, 0.2) is 0 Å². The third-order valence-electron chi connectivity index (χ3n) is 2.26. The Hall–Kier alpha value is -0.340. The van der Waals surface area contributed by atoms with Gasteiger partial charge in [0.1, 0.15) is 0 Å². The Kier molecular flexibility index (Phi) is 1.74. The zero-order chi connectivity index (χ0) is 6.81. The second-order valence-corrected chi connectivity index (χ2v) is 3.16. The summed E-state index contributed by atoms with van der Waals surface area (Å²) < 4.78 is 0. The van der Waals surface area contributed by atoms with Crippen molar-refractivity contribution in [1.82, 2.24) is 10.6 Å². The largest absolute Gasteiger partial charge is 0.314 e. The van der Waals surface area contributed by atoms with E-state index >= 15 is 0 Å². The normalized spacial score (nSPS) is 39.2. The minimum atomic E-state index is 0.692. The van der Waals surface area contributed by atoms with E-state index in [0.29, 0.717) is 12.1 Å². The van der Waals surface area contributed by atoms with E-state index in [1.54, 1.807) is 0 Å². The summed E-state index contributed by atoms with van der Waals surface area (Å²) in [6, 6.07) is 1.38. The maximum atomic E-state index is 3.59. The number of rotatable bonds is 0. The maximum Gasteiger partial charge on any atom is 0.0230 e. The topological polar surface area (TPSA) is 24.1 Å². The lowest BCUT2D eigenvalue weighted by Crippen LogP contribution is -2.53. The van der Waals surface area contributed by atoms with E-state index in [1.165, 1.54) is 12.8 Å². The molecule has 0 aromatic carbocycles. The highest BCUT2D eigenvalue weighted by molar-refractivity contribution is 4.98. The van der Waals surface area contributed by atoms with Gasteiger partial charge < -0.3 is 10.6 Å². The van der Waals surface area contributed by atoms with Crippen LogP contribution in [-0.4, -0.2) is 25.2 Å². The Bertz CT molecular complexity index is 128. The standard InChI is InChI=1S/C8H14N2/c1-2-4-8-6-9-5-7(3-1)10-8/h1-2,7-10H,3-6H2/t7-,8+. The first kappa shape index (κ1) is 6.38. The molecule has 0 aliphatic carbocycles. The highest BCUT2D eigenvalue weighted by Crippen LogP contribution is 2.08. The molecule has 0 amide bonds. The lowest BCUT2D eigenvalue weighted by molar-refractivity contribution is 0.348. The first-order valence-electron chi connectivity index (χ1n) is 4.07. The third-order valence-corrected chi connectivity index (χ3v) is 2.26. The summed E-state index contributed by atoms with van der Waals surface area (Å²) in [6.45, 7) is 2.28. The lowest BCUT2D eigenvalue weighted by Gasteiger charge is -2.29. The van der Waals surface area contributed by atoms with Crippen LogP contribution >= 0.6 is 0 Å². The Morgan fingerprint density at radius 3 is 2.20 bits per heavy atom. The van der Waals surface area contributed by atoms with E-state index in [0.717, 1.165) is 13.1 Å². The van der Waals surface area contributed by atoms with Gasteiger partial charge in [0.2, 0.25) is 0 Å². The molecule has 2 heterocycles. The van der Waals surface area contributed by atoms with Gasteiger partial charge in [0.05, 0.1) is 0 Å². The van der Waals surface area contributed by atoms with E-state index in [9.17, 15) is 0 Å². The molecule has 2 N–H and O–H groups in total. The van der Waals surface area contributed by atoms with Gasteiger partial charge in [-0.25, -0.2) is 0 Å². The van der Waals surface area contributed by atoms with Crippen LogP contribution in [0.5, 0.6) is 0 Å². The summed E-state index contributed by atoms with van der Waals surface area (Å²) in [5.41, 5.74) is 0. The van der Waals surface area contributed by atoms with E-state index in [2.05, 4.69) is 22.8 Å². The van der Waals surface area contributed by atoms with Crippen LogP contribution in [0, 0.1) is 0 Å². The molecule has 2 aliphatic heterocycles. The van der Waals surface area contributed by atoms with Crippen molar-refractivity contribution < 1.29 is 0 Å². The summed E-state index contributed by atoms with van der Waals surface area (Å²) >= 11 is 0. The van der Waals surface area contributed by atoms with Crippen molar-refractivity contribution in [2.45, 2.75) is 24.9 Å². The average molecular weight is 138 g/mol. The Morgan fingerprint density at radius 1 is 1.00 bits per heavy atom. The maximum absolute atomic E-state index is 3.59. The molecule has 0 radical (unpaired) electrons. The minimum Gasteiger partial charge on any atom is -0.314 e. The first-order chi connectivity index (χ1) is 4.95. The van der Waals surface area contributed by atoms with Gasteiger partial charge >= 0.3 is 0 Å². The molecule has 2 aliphatic rings. The molecule has 0 unspecified atom stereocenters. The van der Waals surface area contributed by atoms with Crippen LogP contribution in [0.2, 0.25) is 0 Å². The molecule has 0 aromatic heterocycles. The van der Waals surface area contributed by atoms with E-state index in [4.69, 9.17) is 0 Å². The Labute approximate surface area is 61.7 Å². The van der Waals surface area contributed by atoms with Gasteiger partial charge in [-0.1, -0.05) is 12.2 Å². The summed E-state index contributed by atoms with van der Waals surface area (Å²) in [5, 5.41) is 7.01. The quantitative estimate of drug-likeness (QED) is 0.469.